The number of carboxylic acid groups (broad SMARTS) is 1. The molecular weight excluding hydrogens is 266 g/mol. The summed E-state index contributed by atoms with van der Waals surface area (Å²) in [5.74, 6) is 0.0521. The SMILES string of the molecule is COc1ccc2c(c1)CCCC2(NC1CCCC1)C(=O)O. The molecule has 2 N–H and O–H groups in total. The molecule has 1 aromatic carbocycles. The van der Waals surface area contributed by atoms with Gasteiger partial charge >= 0.3 is 5.97 Å². The molecule has 4 heteroatoms. The van der Waals surface area contributed by atoms with Crippen molar-refractivity contribution in [3.8, 4) is 5.75 Å². The number of methoxy groups -OCH3 is 1. The minimum atomic E-state index is -0.922. The first-order chi connectivity index (χ1) is 10.2. The van der Waals surface area contributed by atoms with E-state index in [-0.39, 0.29) is 0 Å². The van der Waals surface area contributed by atoms with Crippen molar-refractivity contribution in [3.63, 3.8) is 0 Å². The molecule has 2 aliphatic carbocycles. The van der Waals surface area contributed by atoms with Crippen molar-refractivity contribution in [2.45, 2.75) is 56.5 Å². The molecular formula is C17H23NO3. The lowest BCUT2D eigenvalue weighted by Crippen LogP contribution is -2.54. The maximum atomic E-state index is 12.1. The van der Waals surface area contributed by atoms with Gasteiger partial charge in [0.1, 0.15) is 11.3 Å². The average molecular weight is 289 g/mol. The highest BCUT2D eigenvalue weighted by atomic mass is 16.5. The van der Waals surface area contributed by atoms with E-state index in [0.29, 0.717) is 12.5 Å². The molecule has 114 valence electrons. The molecule has 0 amide bonds. The van der Waals surface area contributed by atoms with Crippen molar-refractivity contribution in [3.05, 3.63) is 29.3 Å². The van der Waals surface area contributed by atoms with Crippen molar-refractivity contribution >= 4 is 5.97 Å². The van der Waals surface area contributed by atoms with E-state index < -0.39 is 11.5 Å². The number of rotatable bonds is 4. The number of benzene rings is 1. The first kappa shape index (κ1) is 14.4. The van der Waals surface area contributed by atoms with Gasteiger partial charge in [0, 0.05) is 6.04 Å². The van der Waals surface area contributed by atoms with Crippen molar-refractivity contribution < 1.29 is 14.6 Å². The lowest BCUT2D eigenvalue weighted by molar-refractivity contribution is -0.146. The highest BCUT2D eigenvalue weighted by Crippen LogP contribution is 2.39. The molecule has 1 atom stereocenters. The van der Waals surface area contributed by atoms with E-state index in [1.165, 1.54) is 12.8 Å². The third-order valence-electron chi connectivity index (χ3n) is 4.94. The second kappa shape index (κ2) is 5.68. The Labute approximate surface area is 125 Å². The van der Waals surface area contributed by atoms with Gasteiger partial charge in [-0.2, -0.15) is 0 Å². The summed E-state index contributed by atoms with van der Waals surface area (Å²) in [4.78, 5) is 12.1. The van der Waals surface area contributed by atoms with Gasteiger partial charge in [0.2, 0.25) is 0 Å². The van der Waals surface area contributed by atoms with Crippen LogP contribution in [0.15, 0.2) is 18.2 Å². The van der Waals surface area contributed by atoms with Crippen LogP contribution < -0.4 is 10.1 Å². The molecule has 3 rings (SSSR count). The fourth-order valence-electron chi connectivity index (χ4n) is 3.85. The van der Waals surface area contributed by atoms with Gasteiger partial charge in [-0.15, -0.1) is 0 Å². The Kier molecular flexibility index (Phi) is 3.89. The monoisotopic (exact) mass is 289 g/mol. The van der Waals surface area contributed by atoms with Crippen LogP contribution in [0.2, 0.25) is 0 Å². The Balaban J connectivity index is 1.99. The van der Waals surface area contributed by atoms with Gasteiger partial charge in [0.05, 0.1) is 7.11 Å². The zero-order valence-electron chi connectivity index (χ0n) is 12.5. The van der Waals surface area contributed by atoms with Crippen LogP contribution in [0.5, 0.6) is 5.75 Å². The second-order valence-corrected chi connectivity index (χ2v) is 6.21. The minimum Gasteiger partial charge on any atom is -0.497 e. The molecule has 0 aliphatic heterocycles. The standard InChI is InChI=1S/C17H23NO3/c1-21-14-8-9-15-12(11-14)5-4-10-17(15,16(19)20)18-13-6-2-3-7-13/h8-9,11,13,18H,2-7,10H2,1H3,(H,19,20). The van der Waals surface area contributed by atoms with Gasteiger partial charge in [-0.3, -0.25) is 5.32 Å². The van der Waals surface area contributed by atoms with Gasteiger partial charge < -0.3 is 9.84 Å². The molecule has 2 aliphatic rings. The molecule has 4 nitrogen and oxygen atoms in total. The van der Waals surface area contributed by atoms with Crippen LogP contribution >= 0.6 is 0 Å². The number of ether oxygens (including phenoxy) is 1. The average Bonchev–Trinajstić information content (AvgIpc) is 2.99. The maximum Gasteiger partial charge on any atom is 0.328 e. The van der Waals surface area contributed by atoms with E-state index in [2.05, 4.69) is 5.32 Å². The quantitative estimate of drug-likeness (QED) is 0.895. The van der Waals surface area contributed by atoms with Gasteiger partial charge in [0.15, 0.2) is 0 Å². The third-order valence-corrected chi connectivity index (χ3v) is 4.94. The number of carboxylic acids is 1. The van der Waals surface area contributed by atoms with E-state index in [9.17, 15) is 9.90 Å². The van der Waals surface area contributed by atoms with Crippen LogP contribution in [0.4, 0.5) is 0 Å². The van der Waals surface area contributed by atoms with Crippen LogP contribution in [0.1, 0.15) is 49.7 Å². The summed E-state index contributed by atoms with van der Waals surface area (Å²) < 4.78 is 5.27. The summed E-state index contributed by atoms with van der Waals surface area (Å²) in [5.41, 5.74) is 1.11. The molecule has 1 fully saturated rings. The Bertz CT molecular complexity index is 537. The summed E-state index contributed by atoms with van der Waals surface area (Å²) >= 11 is 0. The molecule has 0 bridgehead atoms. The summed E-state index contributed by atoms with van der Waals surface area (Å²) in [5, 5.41) is 13.4. The van der Waals surface area contributed by atoms with Crippen molar-refractivity contribution in [2.24, 2.45) is 0 Å². The molecule has 21 heavy (non-hydrogen) atoms. The van der Waals surface area contributed by atoms with E-state index >= 15 is 0 Å². The number of nitrogens with one attached hydrogen (secondary N) is 1. The minimum absolute atomic E-state index is 0.328. The molecule has 0 saturated heterocycles. The lowest BCUT2D eigenvalue weighted by Gasteiger charge is -2.38. The topological polar surface area (TPSA) is 58.6 Å². The number of aliphatic carboxylic acids is 1. The van der Waals surface area contributed by atoms with E-state index in [1.807, 2.05) is 18.2 Å². The van der Waals surface area contributed by atoms with Crippen LogP contribution in [0, 0.1) is 0 Å². The summed E-state index contributed by atoms with van der Waals surface area (Å²) in [7, 11) is 1.64. The number of carbonyl (C=O) groups is 1. The second-order valence-electron chi connectivity index (χ2n) is 6.21. The number of aryl methyl sites for hydroxylation is 1. The third kappa shape index (κ3) is 2.53. The van der Waals surface area contributed by atoms with Crippen molar-refractivity contribution in [1.82, 2.24) is 5.32 Å². The highest BCUT2D eigenvalue weighted by molar-refractivity contribution is 5.82. The van der Waals surface area contributed by atoms with Gasteiger partial charge in [0.25, 0.3) is 0 Å². The first-order valence-corrected chi connectivity index (χ1v) is 7.84. The van der Waals surface area contributed by atoms with E-state index in [4.69, 9.17) is 4.74 Å². The smallest absolute Gasteiger partial charge is 0.328 e. The van der Waals surface area contributed by atoms with Gasteiger partial charge in [-0.25, -0.2) is 4.79 Å². The predicted molar refractivity (Wildman–Crippen MR) is 80.6 cm³/mol. The molecule has 0 radical (unpaired) electrons. The zero-order chi connectivity index (χ0) is 14.9. The van der Waals surface area contributed by atoms with Crippen molar-refractivity contribution in [2.75, 3.05) is 7.11 Å². The fourth-order valence-corrected chi connectivity index (χ4v) is 3.85. The Hall–Kier alpha value is -1.55. The number of hydrogen-bond donors (Lipinski definition) is 2. The highest BCUT2D eigenvalue weighted by Gasteiger charge is 2.45. The largest absolute Gasteiger partial charge is 0.497 e. The number of hydrogen-bond acceptors (Lipinski definition) is 3. The van der Waals surface area contributed by atoms with Crippen LogP contribution in [0.3, 0.4) is 0 Å². The van der Waals surface area contributed by atoms with Gasteiger partial charge in [-0.1, -0.05) is 18.9 Å². The normalized spacial score (nSPS) is 25.6. The van der Waals surface area contributed by atoms with E-state index in [1.54, 1.807) is 7.11 Å². The van der Waals surface area contributed by atoms with Crippen LogP contribution in [0.25, 0.3) is 0 Å². The zero-order valence-corrected chi connectivity index (χ0v) is 12.5. The first-order valence-electron chi connectivity index (χ1n) is 7.84. The van der Waals surface area contributed by atoms with Crippen molar-refractivity contribution in [1.29, 1.82) is 0 Å². The maximum absolute atomic E-state index is 12.1. The van der Waals surface area contributed by atoms with E-state index in [0.717, 1.165) is 42.6 Å². The molecule has 1 unspecified atom stereocenters. The summed E-state index contributed by atoms with van der Waals surface area (Å²) in [6, 6.07) is 6.12. The van der Waals surface area contributed by atoms with Crippen LogP contribution in [-0.2, 0) is 16.8 Å². The fraction of sp³-hybridized carbons (Fsp3) is 0.588. The summed E-state index contributed by atoms with van der Waals surface area (Å²) in [6.45, 7) is 0. The Morgan fingerprint density at radius 2 is 2.10 bits per heavy atom. The summed E-state index contributed by atoms with van der Waals surface area (Å²) in [6.07, 6.45) is 7.05. The molecule has 1 aromatic rings. The van der Waals surface area contributed by atoms with Crippen LogP contribution in [-0.4, -0.2) is 24.2 Å². The molecule has 0 spiro atoms. The van der Waals surface area contributed by atoms with Gasteiger partial charge in [-0.05, 0) is 55.4 Å². The molecule has 0 heterocycles. The predicted octanol–water partition coefficient (Wildman–Crippen LogP) is 2.84. The Morgan fingerprint density at radius 1 is 1.33 bits per heavy atom. The lowest BCUT2D eigenvalue weighted by atomic mass is 9.75. The molecule has 0 aromatic heterocycles. The molecule has 1 saturated carbocycles. The number of fused-ring (bicyclic) bond motifs is 1. The Morgan fingerprint density at radius 3 is 2.76 bits per heavy atom.